The summed E-state index contributed by atoms with van der Waals surface area (Å²) in [6.45, 7) is 0. The molecule has 0 N–H and O–H groups in total. The quantitative estimate of drug-likeness (QED) is 0.657. The highest BCUT2D eigenvalue weighted by molar-refractivity contribution is 8.00. The van der Waals surface area contributed by atoms with E-state index in [1.54, 1.807) is 0 Å². The van der Waals surface area contributed by atoms with Crippen molar-refractivity contribution in [1.29, 1.82) is 0 Å². The van der Waals surface area contributed by atoms with Crippen LogP contribution >= 0.6 is 0 Å². The molecule has 0 bridgehead atoms. The fourth-order valence-corrected chi connectivity index (χ4v) is 5.60. The molecule has 4 rings (SSSR count). The Bertz CT molecular complexity index is 1010. The lowest BCUT2D eigenvalue weighted by molar-refractivity contribution is 0.583. The van der Waals surface area contributed by atoms with Gasteiger partial charge in [-0.15, -0.1) is 0 Å². The van der Waals surface area contributed by atoms with E-state index in [4.69, 9.17) is 0 Å². The molecule has 0 fully saturated rings. The largest absolute Gasteiger partial charge is 0.224 e. The molecular weight excluding hydrogens is 340 g/mol. The van der Waals surface area contributed by atoms with Crippen LogP contribution in [-0.4, -0.2) is 14.2 Å². The number of benzene rings is 3. The summed E-state index contributed by atoms with van der Waals surface area (Å²) in [7, 11) is -3.35. The van der Waals surface area contributed by atoms with Gasteiger partial charge in [-0.1, -0.05) is 97.1 Å². The van der Waals surface area contributed by atoms with E-state index in [0.717, 1.165) is 16.7 Å². The fourth-order valence-electron chi connectivity index (χ4n) is 3.70. The topological polar surface area (TPSA) is 34.1 Å². The summed E-state index contributed by atoms with van der Waals surface area (Å²) in [5.41, 5.74) is 2.97. The molecule has 1 aliphatic rings. The minimum atomic E-state index is -3.35. The first kappa shape index (κ1) is 16.8. The van der Waals surface area contributed by atoms with E-state index in [2.05, 4.69) is 12.1 Å². The summed E-state index contributed by atoms with van der Waals surface area (Å²) in [5, 5.41) is 0. The van der Waals surface area contributed by atoms with Crippen molar-refractivity contribution < 1.29 is 8.42 Å². The van der Waals surface area contributed by atoms with Gasteiger partial charge < -0.3 is 0 Å². The Kier molecular flexibility index (Phi) is 4.48. The Hall–Kier alpha value is -2.65. The highest BCUT2D eigenvalue weighted by Crippen LogP contribution is 2.43. The van der Waals surface area contributed by atoms with E-state index in [9.17, 15) is 8.42 Å². The molecule has 2 unspecified atom stereocenters. The zero-order chi connectivity index (χ0) is 18.0. The maximum absolute atomic E-state index is 13.1. The van der Waals surface area contributed by atoms with Crippen LogP contribution < -0.4 is 0 Å². The summed E-state index contributed by atoms with van der Waals surface area (Å²) >= 11 is 0. The van der Waals surface area contributed by atoms with Crippen LogP contribution in [0.2, 0.25) is 0 Å². The molecule has 3 aromatic carbocycles. The molecular formula is C23H20O2S. The van der Waals surface area contributed by atoms with E-state index in [0.29, 0.717) is 4.91 Å². The minimum Gasteiger partial charge on any atom is -0.224 e. The van der Waals surface area contributed by atoms with Crippen molar-refractivity contribution in [3.63, 3.8) is 0 Å². The summed E-state index contributed by atoms with van der Waals surface area (Å²) in [5.74, 6) is 0.0607. The number of hydrogen-bond donors (Lipinski definition) is 0. The van der Waals surface area contributed by atoms with Crippen LogP contribution in [0.25, 0.3) is 4.91 Å². The van der Waals surface area contributed by atoms with Crippen LogP contribution in [0.4, 0.5) is 0 Å². The van der Waals surface area contributed by atoms with Gasteiger partial charge in [-0.3, -0.25) is 0 Å². The number of sulfone groups is 1. The molecule has 0 amide bonds. The molecule has 0 saturated heterocycles. The van der Waals surface area contributed by atoms with Gasteiger partial charge in [0.2, 0.25) is 0 Å². The maximum Gasteiger partial charge on any atom is 0.179 e. The third kappa shape index (κ3) is 3.23. The minimum absolute atomic E-state index is 0.0253. The van der Waals surface area contributed by atoms with Crippen molar-refractivity contribution in [2.24, 2.45) is 0 Å². The molecule has 0 radical (unpaired) electrons. The Balaban J connectivity index is 1.89. The predicted octanol–water partition coefficient (Wildman–Crippen LogP) is 5.02. The van der Waals surface area contributed by atoms with Crippen molar-refractivity contribution in [3.8, 4) is 0 Å². The van der Waals surface area contributed by atoms with E-state index >= 15 is 0 Å². The van der Waals surface area contributed by atoms with Crippen molar-refractivity contribution in [3.05, 3.63) is 114 Å². The lowest BCUT2D eigenvalue weighted by Gasteiger charge is -2.31. The van der Waals surface area contributed by atoms with Crippen molar-refractivity contribution in [2.45, 2.75) is 11.8 Å². The number of hydrogen-bond acceptors (Lipinski definition) is 2. The second kappa shape index (κ2) is 6.93. The monoisotopic (exact) mass is 360 g/mol. The molecule has 3 heteroatoms. The van der Waals surface area contributed by atoms with E-state index in [1.807, 2.05) is 84.9 Å². The average molecular weight is 360 g/mol. The van der Waals surface area contributed by atoms with Gasteiger partial charge in [0.25, 0.3) is 0 Å². The smallest absolute Gasteiger partial charge is 0.179 e. The zero-order valence-corrected chi connectivity index (χ0v) is 15.1. The normalized spacial score (nSPS) is 21.8. The first-order valence-electron chi connectivity index (χ1n) is 8.75. The van der Waals surface area contributed by atoms with Crippen LogP contribution in [0.3, 0.4) is 0 Å². The first-order valence-corrected chi connectivity index (χ1v) is 10.4. The van der Waals surface area contributed by atoms with Gasteiger partial charge in [0.1, 0.15) is 0 Å². The molecule has 0 aliphatic carbocycles. The van der Waals surface area contributed by atoms with Crippen LogP contribution in [0.15, 0.2) is 97.1 Å². The fraction of sp³-hybridized carbons (Fsp3) is 0.130. The second-order valence-electron chi connectivity index (χ2n) is 6.63. The summed E-state index contributed by atoms with van der Waals surface area (Å²) in [6.07, 6.45) is 1.95. The van der Waals surface area contributed by atoms with Gasteiger partial charge >= 0.3 is 0 Å². The Morgan fingerprint density at radius 2 is 1.15 bits per heavy atom. The Labute approximate surface area is 154 Å². The summed E-state index contributed by atoms with van der Waals surface area (Å²) in [6, 6.07) is 29.5. The third-order valence-electron chi connectivity index (χ3n) is 4.97. The lowest BCUT2D eigenvalue weighted by atomic mass is 9.81. The first-order chi connectivity index (χ1) is 12.6. The van der Waals surface area contributed by atoms with Gasteiger partial charge in [-0.05, 0) is 16.7 Å². The van der Waals surface area contributed by atoms with Crippen LogP contribution in [0.5, 0.6) is 0 Å². The lowest BCUT2D eigenvalue weighted by Crippen LogP contribution is -2.26. The highest BCUT2D eigenvalue weighted by atomic mass is 32.2. The van der Waals surface area contributed by atoms with E-state index < -0.39 is 9.84 Å². The second-order valence-corrected chi connectivity index (χ2v) is 8.63. The number of allylic oxidation sites excluding steroid dienone is 1. The number of rotatable bonds is 3. The standard InChI is InChI=1S/C23H20O2S/c24-26(25)17-22(19-12-6-2-7-13-19)21(18-10-4-1-5-11-18)16-23(26)20-14-8-3-9-15-20/h1-16,21-22H,17H2. The zero-order valence-electron chi connectivity index (χ0n) is 14.3. The van der Waals surface area contributed by atoms with Gasteiger partial charge in [-0.2, -0.15) is 0 Å². The SMILES string of the molecule is O=S1(=O)CC(c2ccccc2)C(c2ccccc2)C=C1c1ccccc1. The summed E-state index contributed by atoms with van der Waals surface area (Å²) < 4.78 is 26.1. The Morgan fingerprint density at radius 3 is 1.73 bits per heavy atom. The molecule has 0 spiro atoms. The molecule has 0 aromatic heterocycles. The van der Waals surface area contributed by atoms with Crippen molar-refractivity contribution in [1.82, 2.24) is 0 Å². The average Bonchev–Trinajstić information content (AvgIpc) is 2.69. The molecule has 130 valence electrons. The van der Waals surface area contributed by atoms with Gasteiger partial charge in [0, 0.05) is 11.8 Å². The molecule has 2 nitrogen and oxygen atoms in total. The van der Waals surface area contributed by atoms with Gasteiger partial charge in [0.05, 0.1) is 10.7 Å². The third-order valence-corrected chi connectivity index (χ3v) is 6.81. The molecule has 1 heterocycles. The van der Waals surface area contributed by atoms with Crippen LogP contribution in [0.1, 0.15) is 28.5 Å². The van der Waals surface area contributed by atoms with E-state index in [-0.39, 0.29) is 17.6 Å². The Morgan fingerprint density at radius 1 is 0.654 bits per heavy atom. The highest BCUT2D eigenvalue weighted by Gasteiger charge is 2.36. The van der Waals surface area contributed by atoms with Crippen molar-refractivity contribution >= 4 is 14.7 Å². The van der Waals surface area contributed by atoms with E-state index in [1.165, 1.54) is 0 Å². The van der Waals surface area contributed by atoms with Crippen molar-refractivity contribution in [2.75, 3.05) is 5.75 Å². The molecule has 26 heavy (non-hydrogen) atoms. The van der Waals surface area contributed by atoms with Crippen LogP contribution in [-0.2, 0) is 9.84 Å². The maximum atomic E-state index is 13.1. The molecule has 0 saturated carbocycles. The van der Waals surface area contributed by atoms with Gasteiger partial charge in [0.15, 0.2) is 9.84 Å². The molecule has 1 aliphatic heterocycles. The van der Waals surface area contributed by atoms with Crippen LogP contribution in [0, 0.1) is 0 Å². The molecule has 3 aromatic rings. The molecule has 2 atom stereocenters. The van der Waals surface area contributed by atoms with Gasteiger partial charge in [-0.25, -0.2) is 8.42 Å². The predicted molar refractivity (Wildman–Crippen MR) is 107 cm³/mol. The summed E-state index contributed by atoms with van der Waals surface area (Å²) in [4.78, 5) is 0.444.